The summed E-state index contributed by atoms with van der Waals surface area (Å²) in [6, 6.07) is 37.3. The maximum Gasteiger partial charge on any atom is 0.407 e. The standard InChI is InChI=1S/C26H18BO2/c1-3-11-19(12-4-1)25-26(20-13-5-2-6-14-20)29-27(28-25)23-17-9-7-15-21(23)22-16-8-10-18-24(22)27/h1-18H/q-1. The van der Waals surface area contributed by atoms with Gasteiger partial charge < -0.3 is 9.31 Å². The summed E-state index contributed by atoms with van der Waals surface area (Å²) in [4.78, 5) is 0. The summed E-state index contributed by atoms with van der Waals surface area (Å²) in [6.45, 7) is -1.83. The molecule has 0 fully saturated rings. The van der Waals surface area contributed by atoms with Crippen molar-refractivity contribution in [1.29, 1.82) is 0 Å². The summed E-state index contributed by atoms with van der Waals surface area (Å²) < 4.78 is 13.7. The van der Waals surface area contributed by atoms with E-state index < -0.39 is 6.55 Å². The van der Waals surface area contributed by atoms with Gasteiger partial charge in [0.1, 0.15) is 11.5 Å². The quantitative estimate of drug-likeness (QED) is 0.470. The van der Waals surface area contributed by atoms with Gasteiger partial charge in [0, 0.05) is 11.1 Å². The molecular weight excluding hydrogens is 355 g/mol. The summed E-state index contributed by atoms with van der Waals surface area (Å²) >= 11 is 0. The van der Waals surface area contributed by atoms with Crippen molar-refractivity contribution in [2.24, 2.45) is 0 Å². The SMILES string of the molecule is c1ccc(C2=C(c3ccccc3)O[B-]3(O2)c2ccccc2-c2ccccc23)cc1. The van der Waals surface area contributed by atoms with Crippen LogP contribution < -0.4 is 10.9 Å². The Hall–Kier alpha value is -3.72. The highest BCUT2D eigenvalue weighted by Gasteiger charge is 2.48. The second-order valence-electron chi connectivity index (χ2n) is 7.51. The average Bonchev–Trinajstić information content (AvgIpc) is 3.34. The van der Waals surface area contributed by atoms with Gasteiger partial charge in [-0.3, -0.25) is 0 Å². The number of rotatable bonds is 2. The molecule has 0 amide bonds. The summed E-state index contributed by atoms with van der Waals surface area (Å²) in [5.74, 6) is 1.59. The van der Waals surface area contributed by atoms with Crippen LogP contribution in [0.5, 0.6) is 0 Å². The van der Waals surface area contributed by atoms with Crippen molar-refractivity contribution in [3.63, 3.8) is 0 Å². The summed E-state index contributed by atoms with van der Waals surface area (Å²) in [5, 5.41) is 0. The van der Waals surface area contributed by atoms with E-state index in [1.165, 1.54) is 11.1 Å². The van der Waals surface area contributed by atoms with Crippen LogP contribution in [-0.4, -0.2) is 6.55 Å². The van der Waals surface area contributed by atoms with Crippen LogP contribution in [0.3, 0.4) is 0 Å². The van der Waals surface area contributed by atoms with Gasteiger partial charge in [0.05, 0.1) is 0 Å². The largest absolute Gasteiger partial charge is 0.673 e. The van der Waals surface area contributed by atoms with E-state index in [4.69, 9.17) is 9.31 Å². The Morgan fingerprint density at radius 2 is 0.793 bits per heavy atom. The Labute approximate surface area is 170 Å². The normalized spacial score (nSPS) is 15.6. The van der Waals surface area contributed by atoms with Crippen LogP contribution in [0.2, 0.25) is 0 Å². The number of benzene rings is 4. The molecule has 0 atom stereocenters. The number of fused-ring (bicyclic) bond motifs is 5. The number of hydrogen-bond donors (Lipinski definition) is 0. The fraction of sp³-hybridized carbons (Fsp3) is 0. The second-order valence-corrected chi connectivity index (χ2v) is 7.51. The van der Waals surface area contributed by atoms with Crippen molar-refractivity contribution in [3.05, 3.63) is 120 Å². The molecule has 1 spiro atoms. The number of hydrogen-bond acceptors (Lipinski definition) is 2. The smallest absolute Gasteiger partial charge is 0.407 e. The molecule has 0 bridgehead atoms. The predicted molar refractivity (Wildman–Crippen MR) is 119 cm³/mol. The lowest BCUT2D eigenvalue weighted by Crippen LogP contribution is -2.57. The predicted octanol–water partition coefficient (Wildman–Crippen LogP) is 4.80. The van der Waals surface area contributed by atoms with Crippen molar-refractivity contribution in [1.82, 2.24) is 0 Å². The highest BCUT2D eigenvalue weighted by molar-refractivity contribution is 6.98. The minimum absolute atomic E-state index is 0.795. The van der Waals surface area contributed by atoms with E-state index >= 15 is 0 Å². The van der Waals surface area contributed by atoms with Crippen LogP contribution in [0.4, 0.5) is 0 Å². The first-order chi connectivity index (χ1) is 14.4. The Morgan fingerprint density at radius 1 is 0.414 bits per heavy atom. The Morgan fingerprint density at radius 3 is 1.24 bits per heavy atom. The molecule has 6 rings (SSSR count). The van der Waals surface area contributed by atoms with Gasteiger partial charge in [-0.2, -0.15) is 0 Å². The molecule has 29 heavy (non-hydrogen) atoms. The zero-order valence-electron chi connectivity index (χ0n) is 15.8. The third-order valence-electron chi connectivity index (χ3n) is 5.88. The molecule has 3 heteroatoms. The molecule has 0 unspecified atom stereocenters. The van der Waals surface area contributed by atoms with Crippen molar-refractivity contribution in [2.45, 2.75) is 0 Å². The molecule has 2 aliphatic heterocycles. The van der Waals surface area contributed by atoms with Crippen molar-refractivity contribution < 1.29 is 9.31 Å². The summed E-state index contributed by atoms with van der Waals surface area (Å²) in [7, 11) is 0. The van der Waals surface area contributed by atoms with Gasteiger partial charge in [-0.15, -0.1) is 10.9 Å². The maximum atomic E-state index is 6.84. The maximum absolute atomic E-state index is 6.84. The lowest BCUT2D eigenvalue weighted by Gasteiger charge is -2.35. The van der Waals surface area contributed by atoms with Crippen molar-refractivity contribution in [2.75, 3.05) is 0 Å². The highest BCUT2D eigenvalue weighted by atomic mass is 16.6. The first kappa shape index (κ1) is 16.3. The molecule has 0 saturated heterocycles. The fourth-order valence-corrected chi connectivity index (χ4v) is 4.61. The summed E-state index contributed by atoms with van der Waals surface area (Å²) in [5.41, 5.74) is 6.62. The average molecular weight is 373 g/mol. The summed E-state index contributed by atoms with van der Waals surface area (Å²) in [6.07, 6.45) is 0. The molecule has 4 aromatic rings. The van der Waals surface area contributed by atoms with Crippen LogP contribution >= 0.6 is 0 Å². The van der Waals surface area contributed by atoms with Gasteiger partial charge in [-0.1, -0.05) is 109 Å². The van der Waals surface area contributed by atoms with E-state index in [-0.39, 0.29) is 0 Å². The third-order valence-corrected chi connectivity index (χ3v) is 5.88. The van der Waals surface area contributed by atoms with E-state index in [1.807, 2.05) is 36.4 Å². The van der Waals surface area contributed by atoms with Crippen LogP contribution in [-0.2, 0) is 9.31 Å². The molecule has 2 heterocycles. The minimum Gasteiger partial charge on any atom is -0.673 e. The van der Waals surface area contributed by atoms with E-state index in [9.17, 15) is 0 Å². The van der Waals surface area contributed by atoms with Gasteiger partial charge in [0.2, 0.25) is 0 Å². The molecular formula is C26H18BO2-. The zero-order valence-corrected chi connectivity index (χ0v) is 15.8. The van der Waals surface area contributed by atoms with Gasteiger partial charge >= 0.3 is 6.55 Å². The van der Waals surface area contributed by atoms with Crippen LogP contribution in [0.25, 0.3) is 22.6 Å². The first-order valence-electron chi connectivity index (χ1n) is 9.93. The first-order valence-corrected chi connectivity index (χ1v) is 9.93. The Balaban J connectivity index is 1.60. The molecule has 0 N–H and O–H groups in total. The minimum atomic E-state index is -1.83. The molecule has 0 saturated carbocycles. The van der Waals surface area contributed by atoms with Gasteiger partial charge in [0.15, 0.2) is 0 Å². The van der Waals surface area contributed by atoms with E-state index in [2.05, 4.69) is 72.8 Å². The van der Waals surface area contributed by atoms with Crippen LogP contribution in [0.1, 0.15) is 11.1 Å². The Kier molecular flexibility index (Phi) is 3.45. The Bertz CT molecular complexity index is 1150. The lowest BCUT2D eigenvalue weighted by molar-refractivity contribution is 0.423. The third kappa shape index (κ3) is 2.31. The molecule has 2 nitrogen and oxygen atoms in total. The highest BCUT2D eigenvalue weighted by Crippen LogP contribution is 2.43. The molecule has 4 aromatic carbocycles. The fourth-order valence-electron chi connectivity index (χ4n) is 4.61. The molecule has 0 aromatic heterocycles. The molecule has 0 aliphatic carbocycles. The van der Waals surface area contributed by atoms with Gasteiger partial charge in [-0.25, -0.2) is 0 Å². The topological polar surface area (TPSA) is 18.5 Å². The van der Waals surface area contributed by atoms with Crippen LogP contribution in [0, 0.1) is 0 Å². The van der Waals surface area contributed by atoms with Gasteiger partial charge in [0.25, 0.3) is 0 Å². The molecule has 138 valence electrons. The van der Waals surface area contributed by atoms with Gasteiger partial charge in [-0.05, 0) is 11.1 Å². The second kappa shape index (κ2) is 6.15. The molecule has 0 radical (unpaired) electrons. The molecule has 2 aliphatic rings. The van der Waals surface area contributed by atoms with Crippen molar-refractivity contribution >= 4 is 29.0 Å². The van der Waals surface area contributed by atoms with E-state index in [1.54, 1.807) is 0 Å². The van der Waals surface area contributed by atoms with Crippen molar-refractivity contribution in [3.8, 4) is 11.1 Å². The van der Waals surface area contributed by atoms with E-state index in [0.717, 1.165) is 33.6 Å². The monoisotopic (exact) mass is 373 g/mol. The zero-order chi connectivity index (χ0) is 19.3. The van der Waals surface area contributed by atoms with Crippen LogP contribution in [0.15, 0.2) is 109 Å². The van der Waals surface area contributed by atoms with E-state index in [0.29, 0.717) is 0 Å². The lowest BCUT2D eigenvalue weighted by atomic mass is 9.49.